The second-order valence-electron chi connectivity index (χ2n) is 3.86. The number of benzene rings is 1. The van der Waals surface area contributed by atoms with Crippen molar-refractivity contribution in [3.8, 4) is 11.8 Å². The molecular formula is C11H11F2NO. The molecule has 0 aliphatic heterocycles. The molecule has 1 aromatic carbocycles. The lowest BCUT2D eigenvalue weighted by molar-refractivity contribution is 0.226. The fraction of sp³-hybridized carbons (Fsp3) is 0.364. The van der Waals surface area contributed by atoms with Gasteiger partial charge >= 0.3 is 0 Å². The smallest absolute Gasteiger partial charge is 0.162 e. The Morgan fingerprint density at radius 2 is 2.00 bits per heavy atom. The predicted molar refractivity (Wildman–Crippen MR) is 51.2 cm³/mol. The van der Waals surface area contributed by atoms with Crippen LogP contribution in [0.2, 0.25) is 0 Å². The Hall–Kier alpha value is -1.63. The molecule has 15 heavy (non-hydrogen) atoms. The monoisotopic (exact) mass is 211 g/mol. The molecule has 0 aliphatic carbocycles. The van der Waals surface area contributed by atoms with Gasteiger partial charge in [0.25, 0.3) is 0 Å². The van der Waals surface area contributed by atoms with E-state index in [2.05, 4.69) is 0 Å². The van der Waals surface area contributed by atoms with E-state index in [0.29, 0.717) is 0 Å². The minimum absolute atomic E-state index is 0.134. The van der Waals surface area contributed by atoms with E-state index in [0.717, 1.165) is 12.1 Å². The first-order chi connectivity index (χ1) is 6.94. The maximum absolute atomic E-state index is 12.8. The van der Waals surface area contributed by atoms with E-state index in [4.69, 9.17) is 10.00 Å². The van der Waals surface area contributed by atoms with Crippen LogP contribution in [-0.4, -0.2) is 6.61 Å². The van der Waals surface area contributed by atoms with Crippen molar-refractivity contribution < 1.29 is 13.5 Å². The van der Waals surface area contributed by atoms with Crippen LogP contribution in [0.1, 0.15) is 13.8 Å². The SMILES string of the molecule is CC(C)(C#N)COc1ccc(F)c(F)c1. The lowest BCUT2D eigenvalue weighted by atomic mass is 9.98. The van der Waals surface area contributed by atoms with Crippen LogP contribution < -0.4 is 4.74 Å². The van der Waals surface area contributed by atoms with E-state index in [9.17, 15) is 8.78 Å². The van der Waals surface area contributed by atoms with Crippen molar-refractivity contribution in [1.82, 2.24) is 0 Å². The van der Waals surface area contributed by atoms with Crippen molar-refractivity contribution in [1.29, 1.82) is 5.26 Å². The highest BCUT2D eigenvalue weighted by Crippen LogP contribution is 2.19. The zero-order chi connectivity index (χ0) is 11.5. The summed E-state index contributed by atoms with van der Waals surface area (Å²) in [5, 5.41) is 8.71. The summed E-state index contributed by atoms with van der Waals surface area (Å²) in [6.07, 6.45) is 0. The summed E-state index contributed by atoms with van der Waals surface area (Å²) in [5.74, 6) is -1.65. The van der Waals surface area contributed by atoms with Gasteiger partial charge in [-0.1, -0.05) is 0 Å². The largest absolute Gasteiger partial charge is 0.492 e. The number of ether oxygens (including phenoxy) is 1. The highest BCUT2D eigenvalue weighted by Gasteiger charge is 2.17. The van der Waals surface area contributed by atoms with Gasteiger partial charge in [0.2, 0.25) is 0 Å². The topological polar surface area (TPSA) is 33.0 Å². The molecule has 2 nitrogen and oxygen atoms in total. The Morgan fingerprint density at radius 1 is 1.33 bits per heavy atom. The minimum atomic E-state index is -0.956. The van der Waals surface area contributed by atoms with Crippen LogP contribution in [0.15, 0.2) is 18.2 Å². The third kappa shape index (κ3) is 3.21. The van der Waals surface area contributed by atoms with Crippen molar-refractivity contribution in [2.75, 3.05) is 6.61 Å². The third-order valence-electron chi connectivity index (χ3n) is 1.79. The molecule has 0 atom stereocenters. The van der Waals surface area contributed by atoms with E-state index in [1.54, 1.807) is 13.8 Å². The normalized spacial score (nSPS) is 10.9. The molecule has 0 N–H and O–H groups in total. The molecule has 0 unspecified atom stereocenters. The number of nitriles is 1. The molecule has 0 aromatic heterocycles. The van der Waals surface area contributed by atoms with Gasteiger partial charge in [-0.2, -0.15) is 5.26 Å². The van der Waals surface area contributed by atoms with Crippen LogP contribution in [0.4, 0.5) is 8.78 Å². The van der Waals surface area contributed by atoms with E-state index in [-0.39, 0.29) is 12.4 Å². The second-order valence-corrected chi connectivity index (χ2v) is 3.86. The fourth-order valence-electron chi connectivity index (χ4n) is 0.863. The second kappa shape index (κ2) is 4.26. The van der Waals surface area contributed by atoms with Crippen LogP contribution in [0.3, 0.4) is 0 Å². The van der Waals surface area contributed by atoms with Gasteiger partial charge in [0.1, 0.15) is 12.4 Å². The van der Waals surface area contributed by atoms with Crippen LogP contribution in [0, 0.1) is 28.4 Å². The molecule has 0 saturated carbocycles. The Balaban J connectivity index is 2.67. The van der Waals surface area contributed by atoms with Gasteiger partial charge in [-0.15, -0.1) is 0 Å². The summed E-state index contributed by atoms with van der Waals surface area (Å²) >= 11 is 0. The predicted octanol–water partition coefficient (Wildman–Crippen LogP) is 2.89. The molecule has 0 amide bonds. The third-order valence-corrected chi connectivity index (χ3v) is 1.79. The number of nitrogens with zero attached hydrogens (tertiary/aromatic N) is 1. The number of rotatable bonds is 3. The molecule has 4 heteroatoms. The average molecular weight is 211 g/mol. The maximum Gasteiger partial charge on any atom is 0.162 e. The highest BCUT2D eigenvalue weighted by molar-refractivity contribution is 5.23. The lowest BCUT2D eigenvalue weighted by Gasteiger charge is -2.15. The molecule has 0 fully saturated rings. The summed E-state index contributed by atoms with van der Waals surface area (Å²) < 4.78 is 30.5. The number of hydrogen-bond donors (Lipinski definition) is 0. The standard InChI is InChI=1S/C11H11F2NO/c1-11(2,6-14)7-15-8-3-4-9(12)10(13)5-8/h3-5H,7H2,1-2H3. The van der Waals surface area contributed by atoms with E-state index < -0.39 is 17.0 Å². The summed E-state index contributed by atoms with van der Waals surface area (Å²) in [4.78, 5) is 0. The van der Waals surface area contributed by atoms with Gasteiger partial charge in [0, 0.05) is 6.07 Å². The zero-order valence-corrected chi connectivity index (χ0v) is 8.55. The van der Waals surface area contributed by atoms with Crippen LogP contribution in [0.25, 0.3) is 0 Å². The molecule has 0 spiro atoms. The molecule has 80 valence electrons. The van der Waals surface area contributed by atoms with Crippen LogP contribution >= 0.6 is 0 Å². The summed E-state index contributed by atoms with van der Waals surface area (Å²) in [6.45, 7) is 3.54. The molecule has 0 aliphatic rings. The van der Waals surface area contributed by atoms with Gasteiger partial charge in [0.15, 0.2) is 11.6 Å². The van der Waals surface area contributed by atoms with Gasteiger partial charge < -0.3 is 4.74 Å². The van der Waals surface area contributed by atoms with Gasteiger partial charge in [-0.05, 0) is 26.0 Å². The molecular weight excluding hydrogens is 200 g/mol. The Kier molecular flexibility index (Phi) is 3.25. The first-order valence-corrected chi connectivity index (χ1v) is 4.44. The fourth-order valence-corrected chi connectivity index (χ4v) is 0.863. The van der Waals surface area contributed by atoms with E-state index in [1.165, 1.54) is 6.07 Å². The minimum Gasteiger partial charge on any atom is -0.492 e. The molecule has 1 aromatic rings. The van der Waals surface area contributed by atoms with Crippen LogP contribution in [0.5, 0.6) is 5.75 Å². The molecule has 0 radical (unpaired) electrons. The van der Waals surface area contributed by atoms with Crippen molar-refractivity contribution >= 4 is 0 Å². The summed E-state index contributed by atoms with van der Waals surface area (Å²) in [7, 11) is 0. The number of halogens is 2. The summed E-state index contributed by atoms with van der Waals surface area (Å²) in [6, 6.07) is 5.32. The first-order valence-electron chi connectivity index (χ1n) is 4.44. The van der Waals surface area contributed by atoms with Crippen molar-refractivity contribution in [2.45, 2.75) is 13.8 Å². The molecule has 0 bridgehead atoms. The van der Waals surface area contributed by atoms with Gasteiger partial charge in [-0.3, -0.25) is 0 Å². The Bertz CT molecular complexity index is 396. The highest BCUT2D eigenvalue weighted by atomic mass is 19.2. The quantitative estimate of drug-likeness (QED) is 0.770. The van der Waals surface area contributed by atoms with Crippen molar-refractivity contribution in [3.63, 3.8) is 0 Å². The lowest BCUT2D eigenvalue weighted by Crippen LogP contribution is -2.19. The van der Waals surface area contributed by atoms with E-state index in [1.807, 2.05) is 6.07 Å². The van der Waals surface area contributed by atoms with Crippen molar-refractivity contribution in [2.24, 2.45) is 5.41 Å². The molecule has 0 saturated heterocycles. The average Bonchev–Trinajstić information content (AvgIpc) is 2.20. The van der Waals surface area contributed by atoms with Crippen LogP contribution in [-0.2, 0) is 0 Å². The van der Waals surface area contributed by atoms with Crippen molar-refractivity contribution in [3.05, 3.63) is 29.8 Å². The zero-order valence-electron chi connectivity index (χ0n) is 8.55. The summed E-state index contributed by atoms with van der Waals surface area (Å²) in [5.41, 5.74) is -0.648. The first kappa shape index (κ1) is 11.4. The molecule has 0 heterocycles. The van der Waals surface area contributed by atoms with E-state index >= 15 is 0 Å². The van der Waals surface area contributed by atoms with Gasteiger partial charge in [-0.25, -0.2) is 8.78 Å². The molecule has 1 rings (SSSR count). The Morgan fingerprint density at radius 3 is 2.53 bits per heavy atom. The Labute approximate surface area is 87.1 Å². The van der Waals surface area contributed by atoms with Gasteiger partial charge in [0.05, 0.1) is 11.5 Å². The number of hydrogen-bond acceptors (Lipinski definition) is 2. The maximum atomic E-state index is 12.8.